The summed E-state index contributed by atoms with van der Waals surface area (Å²) in [4.78, 5) is 16.9. The minimum absolute atomic E-state index is 0.149. The van der Waals surface area contributed by atoms with E-state index >= 15 is 0 Å². The molecule has 1 heterocycles. The molecule has 0 radical (unpaired) electrons. The summed E-state index contributed by atoms with van der Waals surface area (Å²) >= 11 is 10.2. The number of nitrogens with one attached hydrogen (secondary N) is 2. The van der Waals surface area contributed by atoms with Crippen LogP contribution in [0.2, 0.25) is 0 Å². The molecule has 3 aromatic carbocycles. The van der Waals surface area contributed by atoms with Crippen LogP contribution in [0.4, 0.5) is 5.13 Å². The minimum atomic E-state index is -0.347. The van der Waals surface area contributed by atoms with Crippen LogP contribution in [0.3, 0.4) is 0 Å². The molecule has 1 amide bonds. The summed E-state index contributed by atoms with van der Waals surface area (Å²) in [5, 5.41) is 10.7. The second-order valence-corrected chi connectivity index (χ2v) is 9.37. The lowest BCUT2D eigenvalue weighted by Gasteiger charge is -2.12. The van der Waals surface area contributed by atoms with Gasteiger partial charge in [-0.3, -0.25) is 10.1 Å². The van der Waals surface area contributed by atoms with Gasteiger partial charge >= 0.3 is 0 Å². The van der Waals surface area contributed by atoms with E-state index in [1.807, 2.05) is 55.6 Å². The van der Waals surface area contributed by atoms with Crippen molar-refractivity contribution in [3.05, 3.63) is 75.6 Å². The smallest absolute Gasteiger partial charge is 0.264 e. The highest BCUT2D eigenvalue weighted by atomic mass is 79.9. The molecule has 1 aromatic heterocycles. The Balaban J connectivity index is 1.37. The first kappa shape index (κ1) is 22.4. The van der Waals surface area contributed by atoms with Crippen molar-refractivity contribution in [3.8, 4) is 17.0 Å². The number of halogens is 1. The zero-order valence-electron chi connectivity index (χ0n) is 17.4. The van der Waals surface area contributed by atoms with Crippen LogP contribution in [0.15, 0.2) is 64.5 Å². The van der Waals surface area contributed by atoms with Crippen LogP contribution in [0, 0.1) is 13.8 Å². The minimum Gasteiger partial charge on any atom is -0.482 e. The van der Waals surface area contributed by atoms with Crippen molar-refractivity contribution in [2.24, 2.45) is 0 Å². The Morgan fingerprint density at radius 1 is 1.16 bits per heavy atom. The molecule has 0 spiro atoms. The van der Waals surface area contributed by atoms with Crippen molar-refractivity contribution in [2.45, 2.75) is 13.8 Å². The summed E-state index contributed by atoms with van der Waals surface area (Å²) in [7, 11) is 0. The second kappa shape index (κ2) is 9.77. The van der Waals surface area contributed by atoms with Crippen molar-refractivity contribution in [1.29, 1.82) is 0 Å². The molecule has 0 saturated carbocycles. The molecule has 5 nitrogen and oxygen atoms in total. The predicted molar refractivity (Wildman–Crippen MR) is 139 cm³/mol. The number of rotatable bonds is 5. The first-order valence-electron chi connectivity index (χ1n) is 9.85. The molecule has 0 fully saturated rings. The molecule has 4 rings (SSSR count). The van der Waals surface area contributed by atoms with Crippen molar-refractivity contribution >= 4 is 66.4 Å². The predicted octanol–water partition coefficient (Wildman–Crippen LogP) is 6.23. The molecule has 0 unspecified atom stereocenters. The van der Waals surface area contributed by atoms with E-state index in [2.05, 4.69) is 49.7 Å². The number of aromatic nitrogens is 1. The van der Waals surface area contributed by atoms with Crippen molar-refractivity contribution in [2.75, 3.05) is 11.9 Å². The fourth-order valence-electron chi connectivity index (χ4n) is 3.42. The number of benzene rings is 3. The van der Waals surface area contributed by atoms with Crippen molar-refractivity contribution in [3.63, 3.8) is 0 Å². The number of aryl methyl sites for hydroxylation is 2. The molecule has 2 N–H and O–H groups in total. The lowest BCUT2D eigenvalue weighted by Crippen LogP contribution is -2.37. The van der Waals surface area contributed by atoms with E-state index in [9.17, 15) is 4.79 Å². The third-order valence-electron chi connectivity index (χ3n) is 4.76. The standard InChI is InChI=1S/C24H20BrN3O2S2/c1-14-10-15(2)22(19(25)11-14)30-12-21(29)27-23(31)28-24-26-20(13-32-24)18-9-5-7-16-6-3-4-8-17(16)18/h3-11,13H,12H2,1-2H3,(H2,26,27,28,29,31). The third-order valence-corrected chi connectivity index (χ3v) is 6.32. The third kappa shape index (κ3) is 5.15. The van der Waals surface area contributed by atoms with Crippen LogP contribution in [0.25, 0.3) is 22.0 Å². The van der Waals surface area contributed by atoms with Gasteiger partial charge in [0.2, 0.25) is 0 Å². The summed E-state index contributed by atoms with van der Waals surface area (Å²) in [6.07, 6.45) is 0. The number of anilines is 1. The highest BCUT2D eigenvalue weighted by molar-refractivity contribution is 9.10. The maximum absolute atomic E-state index is 12.3. The average molecular weight is 526 g/mol. The summed E-state index contributed by atoms with van der Waals surface area (Å²) in [6, 6.07) is 18.3. The zero-order valence-corrected chi connectivity index (χ0v) is 20.7. The van der Waals surface area contributed by atoms with E-state index < -0.39 is 0 Å². The molecule has 0 aliphatic rings. The fourth-order valence-corrected chi connectivity index (χ4v) is 5.20. The van der Waals surface area contributed by atoms with Gasteiger partial charge in [0.05, 0.1) is 10.2 Å². The molecule has 0 atom stereocenters. The molecular weight excluding hydrogens is 506 g/mol. The number of hydrogen-bond acceptors (Lipinski definition) is 5. The summed E-state index contributed by atoms with van der Waals surface area (Å²) in [5.41, 5.74) is 3.97. The van der Waals surface area contributed by atoms with Gasteiger partial charge in [-0.1, -0.05) is 48.5 Å². The van der Waals surface area contributed by atoms with Crippen LogP contribution in [0.1, 0.15) is 11.1 Å². The Morgan fingerprint density at radius 2 is 1.94 bits per heavy atom. The molecule has 0 aliphatic heterocycles. The van der Waals surface area contributed by atoms with Crippen molar-refractivity contribution < 1.29 is 9.53 Å². The Bertz CT molecular complexity index is 1290. The molecule has 0 bridgehead atoms. The Hall–Kier alpha value is -2.81. The zero-order chi connectivity index (χ0) is 22.7. The molecule has 162 valence electrons. The van der Waals surface area contributed by atoms with E-state index in [-0.39, 0.29) is 17.6 Å². The highest BCUT2D eigenvalue weighted by Gasteiger charge is 2.12. The van der Waals surface area contributed by atoms with Crippen LogP contribution >= 0.6 is 39.5 Å². The highest BCUT2D eigenvalue weighted by Crippen LogP contribution is 2.31. The van der Waals surface area contributed by atoms with E-state index in [0.717, 1.165) is 37.6 Å². The fraction of sp³-hybridized carbons (Fsp3) is 0.125. The average Bonchev–Trinajstić information content (AvgIpc) is 3.20. The van der Waals surface area contributed by atoms with Crippen LogP contribution in [-0.2, 0) is 4.79 Å². The first-order chi connectivity index (χ1) is 15.4. The van der Waals surface area contributed by atoms with Gasteiger partial charge in [0.15, 0.2) is 16.9 Å². The normalized spacial score (nSPS) is 10.7. The monoisotopic (exact) mass is 525 g/mol. The van der Waals surface area contributed by atoms with Gasteiger partial charge in [0.25, 0.3) is 5.91 Å². The number of thiocarbonyl (C=S) groups is 1. The Labute approximate surface area is 204 Å². The van der Waals surface area contributed by atoms with E-state index in [1.54, 1.807) is 0 Å². The summed E-state index contributed by atoms with van der Waals surface area (Å²) in [5.74, 6) is 0.296. The number of ether oxygens (including phenoxy) is 1. The molecule has 0 aliphatic carbocycles. The number of nitrogens with zero attached hydrogens (tertiary/aromatic N) is 1. The Kier molecular flexibility index (Phi) is 6.83. The van der Waals surface area contributed by atoms with Crippen LogP contribution in [0.5, 0.6) is 5.75 Å². The van der Waals surface area contributed by atoms with Gasteiger partial charge in [-0.15, -0.1) is 11.3 Å². The van der Waals surface area contributed by atoms with Crippen LogP contribution in [-0.4, -0.2) is 22.6 Å². The van der Waals surface area contributed by atoms with Gasteiger partial charge in [0.1, 0.15) is 5.75 Å². The summed E-state index contributed by atoms with van der Waals surface area (Å²) in [6.45, 7) is 3.79. The van der Waals surface area contributed by atoms with Gasteiger partial charge in [-0.2, -0.15) is 0 Å². The summed E-state index contributed by atoms with van der Waals surface area (Å²) < 4.78 is 6.49. The maximum Gasteiger partial charge on any atom is 0.264 e. The van der Waals surface area contributed by atoms with Crippen LogP contribution < -0.4 is 15.4 Å². The van der Waals surface area contributed by atoms with Gasteiger partial charge in [0, 0.05) is 10.9 Å². The lowest BCUT2D eigenvalue weighted by molar-refractivity contribution is -0.121. The first-order valence-corrected chi connectivity index (χ1v) is 11.9. The van der Waals surface area contributed by atoms with Gasteiger partial charge in [-0.25, -0.2) is 4.98 Å². The number of hydrogen-bond donors (Lipinski definition) is 2. The molecular formula is C24H20BrN3O2S2. The molecule has 8 heteroatoms. The molecule has 4 aromatic rings. The number of fused-ring (bicyclic) bond motifs is 1. The lowest BCUT2D eigenvalue weighted by atomic mass is 10.0. The van der Waals surface area contributed by atoms with E-state index in [0.29, 0.717) is 10.9 Å². The second-order valence-electron chi connectivity index (χ2n) is 7.25. The van der Waals surface area contributed by atoms with E-state index in [1.165, 1.54) is 11.3 Å². The number of amides is 1. The number of carbonyl (C=O) groups excluding carboxylic acids is 1. The Morgan fingerprint density at radius 3 is 2.75 bits per heavy atom. The van der Waals surface area contributed by atoms with Gasteiger partial charge in [-0.05, 0) is 70.0 Å². The largest absolute Gasteiger partial charge is 0.482 e. The van der Waals surface area contributed by atoms with Crippen molar-refractivity contribution in [1.82, 2.24) is 10.3 Å². The van der Waals surface area contributed by atoms with E-state index in [4.69, 9.17) is 17.0 Å². The molecule has 32 heavy (non-hydrogen) atoms. The number of thiazole rings is 1. The SMILES string of the molecule is Cc1cc(C)c(OCC(=O)NC(=S)Nc2nc(-c3cccc4ccccc34)cs2)c(Br)c1. The molecule has 0 saturated heterocycles. The quantitative estimate of drug-likeness (QED) is 0.302. The topological polar surface area (TPSA) is 63.2 Å². The number of carbonyl (C=O) groups is 1. The van der Waals surface area contributed by atoms with Gasteiger partial charge < -0.3 is 10.1 Å². The maximum atomic E-state index is 12.3.